The molecular weight excluding hydrogens is 334 g/mol. The number of carbonyl (C=O) groups is 2. The van der Waals surface area contributed by atoms with Crippen molar-refractivity contribution in [3.05, 3.63) is 41.2 Å². The fourth-order valence-corrected chi connectivity index (χ4v) is 2.94. The van der Waals surface area contributed by atoms with Crippen LogP contribution in [0.15, 0.2) is 29.2 Å². The topological polar surface area (TPSA) is 129 Å². The number of aromatic carboxylic acids is 1. The first-order chi connectivity index (χ1) is 11.2. The molecule has 24 heavy (non-hydrogen) atoms. The van der Waals surface area contributed by atoms with Gasteiger partial charge < -0.3 is 10.4 Å². The molecule has 0 spiro atoms. The molecule has 0 bridgehead atoms. The van der Waals surface area contributed by atoms with Crippen LogP contribution >= 0.6 is 0 Å². The Morgan fingerprint density at radius 3 is 2.54 bits per heavy atom. The number of hydrogen-bond donors (Lipinski definition) is 3. The number of aromatic amines is 1. The average Bonchev–Trinajstić information content (AvgIpc) is 3.23. The Hall–Kier alpha value is -2.68. The van der Waals surface area contributed by atoms with Gasteiger partial charge in [-0.3, -0.25) is 9.89 Å². The number of anilines is 1. The third-order valence-electron chi connectivity index (χ3n) is 3.69. The van der Waals surface area contributed by atoms with Crippen LogP contribution in [-0.4, -0.2) is 41.9 Å². The Labute approximate surface area is 137 Å². The van der Waals surface area contributed by atoms with E-state index in [0.717, 1.165) is 30.9 Å². The van der Waals surface area contributed by atoms with Crippen LogP contribution in [0, 0.1) is 0 Å². The van der Waals surface area contributed by atoms with E-state index >= 15 is 0 Å². The molecule has 3 rings (SSSR count). The van der Waals surface area contributed by atoms with Gasteiger partial charge in [0.2, 0.25) is 0 Å². The van der Waals surface area contributed by atoms with Crippen LogP contribution in [0.5, 0.6) is 0 Å². The number of amides is 1. The van der Waals surface area contributed by atoms with Gasteiger partial charge in [-0.2, -0.15) is 5.10 Å². The molecule has 1 saturated carbocycles. The van der Waals surface area contributed by atoms with Crippen molar-refractivity contribution < 1.29 is 23.1 Å². The number of rotatable bonds is 5. The molecule has 3 N–H and O–H groups in total. The fourth-order valence-electron chi connectivity index (χ4n) is 2.26. The molecule has 1 aliphatic carbocycles. The summed E-state index contributed by atoms with van der Waals surface area (Å²) in [5.41, 5.74) is 0.903. The quantitative estimate of drug-likeness (QED) is 0.752. The normalized spacial score (nSPS) is 14.4. The highest BCUT2D eigenvalue weighted by Gasteiger charge is 2.26. The van der Waals surface area contributed by atoms with Gasteiger partial charge in [0.25, 0.3) is 5.91 Å². The number of hydrogen-bond acceptors (Lipinski definition) is 5. The van der Waals surface area contributed by atoms with E-state index in [1.165, 1.54) is 12.1 Å². The SMILES string of the molecule is CS(=O)(=O)c1cc(NC(=O)c2cc(C3CC3)[nH]n2)cc(C(=O)O)c1. The zero-order valence-electron chi connectivity index (χ0n) is 12.7. The Balaban J connectivity index is 1.88. The third-order valence-corrected chi connectivity index (χ3v) is 4.78. The second-order valence-electron chi connectivity index (χ2n) is 5.76. The molecule has 1 aliphatic rings. The highest BCUT2D eigenvalue weighted by molar-refractivity contribution is 7.90. The summed E-state index contributed by atoms with van der Waals surface area (Å²) in [4.78, 5) is 23.2. The lowest BCUT2D eigenvalue weighted by atomic mass is 10.2. The maximum Gasteiger partial charge on any atom is 0.335 e. The number of aromatic nitrogens is 2. The van der Waals surface area contributed by atoms with Gasteiger partial charge in [-0.15, -0.1) is 0 Å². The number of H-pyrrole nitrogens is 1. The highest BCUT2D eigenvalue weighted by Crippen LogP contribution is 2.39. The van der Waals surface area contributed by atoms with E-state index in [-0.39, 0.29) is 21.8 Å². The summed E-state index contributed by atoms with van der Waals surface area (Å²) in [6.07, 6.45) is 3.08. The fraction of sp³-hybridized carbons (Fsp3) is 0.267. The Bertz CT molecular complexity index is 928. The zero-order chi connectivity index (χ0) is 17.5. The van der Waals surface area contributed by atoms with Crippen molar-refractivity contribution in [3.63, 3.8) is 0 Å². The average molecular weight is 349 g/mol. The molecule has 1 aromatic heterocycles. The molecule has 0 radical (unpaired) electrons. The Morgan fingerprint density at radius 2 is 1.96 bits per heavy atom. The van der Waals surface area contributed by atoms with Crippen LogP contribution in [0.4, 0.5) is 5.69 Å². The lowest BCUT2D eigenvalue weighted by molar-refractivity contribution is 0.0696. The highest BCUT2D eigenvalue weighted by atomic mass is 32.2. The van der Waals surface area contributed by atoms with Gasteiger partial charge in [-0.05, 0) is 37.1 Å². The molecule has 0 unspecified atom stereocenters. The molecule has 0 saturated heterocycles. The van der Waals surface area contributed by atoms with E-state index in [2.05, 4.69) is 15.5 Å². The van der Waals surface area contributed by atoms with Gasteiger partial charge >= 0.3 is 5.97 Å². The number of carboxylic acid groups (broad SMARTS) is 1. The van der Waals surface area contributed by atoms with E-state index in [4.69, 9.17) is 5.11 Å². The van der Waals surface area contributed by atoms with E-state index in [1.807, 2.05) is 0 Å². The molecule has 8 nitrogen and oxygen atoms in total. The summed E-state index contributed by atoms with van der Waals surface area (Å²) in [5.74, 6) is -1.42. The van der Waals surface area contributed by atoms with Crippen molar-refractivity contribution in [1.82, 2.24) is 10.2 Å². The second kappa shape index (κ2) is 5.75. The largest absolute Gasteiger partial charge is 0.478 e. The van der Waals surface area contributed by atoms with Crippen molar-refractivity contribution in [2.24, 2.45) is 0 Å². The Morgan fingerprint density at radius 1 is 1.25 bits per heavy atom. The molecule has 9 heteroatoms. The summed E-state index contributed by atoms with van der Waals surface area (Å²) in [7, 11) is -3.62. The number of nitrogens with zero attached hydrogens (tertiary/aromatic N) is 1. The van der Waals surface area contributed by atoms with Crippen LogP contribution < -0.4 is 5.32 Å². The van der Waals surface area contributed by atoms with Gasteiger partial charge in [0, 0.05) is 23.6 Å². The zero-order valence-corrected chi connectivity index (χ0v) is 13.6. The molecule has 0 atom stereocenters. The summed E-state index contributed by atoms with van der Waals surface area (Å²) >= 11 is 0. The second-order valence-corrected chi connectivity index (χ2v) is 7.78. The minimum absolute atomic E-state index is 0.0799. The van der Waals surface area contributed by atoms with E-state index < -0.39 is 21.7 Å². The van der Waals surface area contributed by atoms with Crippen molar-refractivity contribution in [3.8, 4) is 0 Å². The third kappa shape index (κ3) is 3.46. The van der Waals surface area contributed by atoms with Crippen LogP contribution in [0.2, 0.25) is 0 Å². The van der Waals surface area contributed by atoms with E-state index in [9.17, 15) is 18.0 Å². The van der Waals surface area contributed by atoms with Crippen molar-refractivity contribution in [1.29, 1.82) is 0 Å². The minimum Gasteiger partial charge on any atom is -0.478 e. The first-order valence-corrected chi connectivity index (χ1v) is 9.08. The van der Waals surface area contributed by atoms with Gasteiger partial charge in [-0.25, -0.2) is 13.2 Å². The lowest BCUT2D eigenvalue weighted by Crippen LogP contribution is -2.14. The van der Waals surface area contributed by atoms with Crippen LogP contribution in [0.3, 0.4) is 0 Å². The van der Waals surface area contributed by atoms with Crippen molar-refractivity contribution >= 4 is 27.4 Å². The van der Waals surface area contributed by atoms with Gasteiger partial charge in [0.15, 0.2) is 15.5 Å². The Kier molecular flexibility index (Phi) is 3.88. The van der Waals surface area contributed by atoms with E-state index in [1.54, 1.807) is 6.07 Å². The monoisotopic (exact) mass is 349 g/mol. The predicted molar refractivity (Wildman–Crippen MR) is 85.0 cm³/mol. The predicted octanol–water partition coefficient (Wildman–Crippen LogP) is 1.64. The minimum atomic E-state index is -3.62. The first-order valence-electron chi connectivity index (χ1n) is 7.19. The maximum absolute atomic E-state index is 12.2. The van der Waals surface area contributed by atoms with Crippen LogP contribution in [0.1, 0.15) is 45.3 Å². The number of nitrogens with one attached hydrogen (secondary N) is 2. The molecule has 126 valence electrons. The summed E-state index contributed by atoms with van der Waals surface area (Å²) in [5, 5.41) is 18.3. The van der Waals surface area contributed by atoms with Crippen molar-refractivity contribution in [2.45, 2.75) is 23.7 Å². The number of carbonyl (C=O) groups excluding carboxylic acids is 1. The van der Waals surface area contributed by atoms with Crippen LogP contribution in [0.25, 0.3) is 0 Å². The first kappa shape index (κ1) is 16.2. The van der Waals surface area contributed by atoms with Crippen molar-refractivity contribution in [2.75, 3.05) is 11.6 Å². The van der Waals surface area contributed by atoms with Crippen LogP contribution in [-0.2, 0) is 9.84 Å². The summed E-state index contributed by atoms with van der Waals surface area (Å²) in [6, 6.07) is 5.11. The van der Waals surface area contributed by atoms with Gasteiger partial charge in [0.05, 0.1) is 10.5 Å². The number of benzene rings is 1. The smallest absolute Gasteiger partial charge is 0.335 e. The number of sulfone groups is 1. The standard InChI is InChI=1S/C15H15N3O5S/c1-24(22,23)11-5-9(15(20)21)4-10(6-11)16-14(19)13-7-12(17-18-13)8-2-3-8/h4-8H,2-3H2,1H3,(H,16,19)(H,17,18)(H,20,21). The molecule has 1 heterocycles. The molecule has 2 aromatic rings. The van der Waals surface area contributed by atoms with Gasteiger partial charge in [0.1, 0.15) is 0 Å². The number of carboxylic acids is 1. The molecular formula is C15H15N3O5S. The molecule has 0 aliphatic heterocycles. The molecule has 1 amide bonds. The maximum atomic E-state index is 12.2. The lowest BCUT2D eigenvalue weighted by Gasteiger charge is -2.07. The van der Waals surface area contributed by atoms with Gasteiger partial charge in [-0.1, -0.05) is 0 Å². The van der Waals surface area contributed by atoms with E-state index in [0.29, 0.717) is 5.92 Å². The summed E-state index contributed by atoms with van der Waals surface area (Å²) < 4.78 is 23.4. The molecule has 1 fully saturated rings. The summed E-state index contributed by atoms with van der Waals surface area (Å²) in [6.45, 7) is 0. The molecule has 1 aromatic carbocycles.